The lowest BCUT2D eigenvalue weighted by atomic mass is 10.3. The van der Waals surface area contributed by atoms with Crippen LogP contribution in [0.1, 0.15) is 6.42 Å². The Morgan fingerprint density at radius 3 is 1.63 bits per heavy atom. The molecule has 2 rings (SSSR count). The predicted molar refractivity (Wildman–Crippen MR) is 83.9 cm³/mol. The molecule has 2 aromatic rings. The lowest BCUT2D eigenvalue weighted by Crippen LogP contribution is -2.04. The quantitative estimate of drug-likeness (QED) is 0.647. The van der Waals surface area contributed by atoms with E-state index in [9.17, 15) is 0 Å². The molecule has 0 fully saturated rings. The first-order valence-corrected chi connectivity index (χ1v) is 7.59. The van der Waals surface area contributed by atoms with E-state index in [1.807, 2.05) is 48.5 Å². The number of hydrogen-bond acceptors (Lipinski definition) is 2. The van der Waals surface area contributed by atoms with E-state index in [-0.39, 0.29) is 0 Å². The molecular weight excluding hydrogens is 372 g/mol. The van der Waals surface area contributed by atoms with Gasteiger partial charge in [0, 0.05) is 15.4 Å². The Hall–Kier alpha value is -1.00. The number of ether oxygens (including phenoxy) is 2. The molecule has 0 amide bonds. The Labute approximate surface area is 130 Å². The fourth-order valence-corrected chi connectivity index (χ4v) is 2.31. The van der Waals surface area contributed by atoms with Crippen LogP contribution < -0.4 is 9.47 Å². The Bertz CT molecular complexity index is 482. The van der Waals surface area contributed by atoms with Gasteiger partial charge in [0.25, 0.3) is 0 Å². The topological polar surface area (TPSA) is 18.5 Å². The minimum Gasteiger partial charge on any atom is -0.493 e. The monoisotopic (exact) mass is 384 g/mol. The summed E-state index contributed by atoms with van der Waals surface area (Å²) in [6.07, 6.45) is 0.846. The van der Waals surface area contributed by atoms with Gasteiger partial charge in [0.2, 0.25) is 0 Å². The van der Waals surface area contributed by atoms with E-state index in [4.69, 9.17) is 9.47 Å². The maximum atomic E-state index is 5.63. The molecule has 0 spiro atoms. The molecule has 0 atom stereocenters. The molecule has 0 saturated carbocycles. The molecule has 0 aliphatic carbocycles. The van der Waals surface area contributed by atoms with Crippen molar-refractivity contribution in [3.63, 3.8) is 0 Å². The van der Waals surface area contributed by atoms with E-state index in [0.29, 0.717) is 13.2 Å². The van der Waals surface area contributed by atoms with Crippen LogP contribution in [0.2, 0.25) is 0 Å². The lowest BCUT2D eigenvalue weighted by molar-refractivity contribution is 0.247. The van der Waals surface area contributed by atoms with Gasteiger partial charge in [-0.05, 0) is 36.4 Å². The minimum absolute atomic E-state index is 0.643. The number of halogens is 2. The highest BCUT2D eigenvalue weighted by Crippen LogP contribution is 2.19. The summed E-state index contributed by atoms with van der Waals surface area (Å²) in [7, 11) is 0. The van der Waals surface area contributed by atoms with Crippen molar-refractivity contribution in [3.05, 3.63) is 57.5 Å². The van der Waals surface area contributed by atoms with E-state index in [1.54, 1.807) is 0 Å². The largest absolute Gasteiger partial charge is 0.493 e. The molecule has 0 aromatic heterocycles. The summed E-state index contributed by atoms with van der Waals surface area (Å²) in [5, 5.41) is 0. The van der Waals surface area contributed by atoms with E-state index in [2.05, 4.69) is 31.9 Å². The highest BCUT2D eigenvalue weighted by atomic mass is 79.9. The number of benzene rings is 2. The molecular formula is C15H14Br2O2. The van der Waals surface area contributed by atoms with Gasteiger partial charge in [-0.3, -0.25) is 0 Å². The van der Waals surface area contributed by atoms with Crippen LogP contribution in [-0.2, 0) is 0 Å². The zero-order valence-corrected chi connectivity index (χ0v) is 13.5. The summed E-state index contributed by atoms with van der Waals surface area (Å²) in [5.41, 5.74) is 0. The molecule has 2 nitrogen and oxygen atoms in total. The third-order valence-electron chi connectivity index (χ3n) is 2.42. The smallest absolute Gasteiger partial charge is 0.120 e. The van der Waals surface area contributed by atoms with Crippen LogP contribution in [0.15, 0.2) is 57.5 Å². The molecule has 0 aliphatic heterocycles. The first kappa shape index (κ1) is 14.4. The van der Waals surface area contributed by atoms with Gasteiger partial charge in [0.15, 0.2) is 0 Å². The van der Waals surface area contributed by atoms with Gasteiger partial charge in [-0.2, -0.15) is 0 Å². The van der Waals surface area contributed by atoms with Crippen molar-refractivity contribution in [1.29, 1.82) is 0 Å². The Morgan fingerprint density at radius 2 is 1.21 bits per heavy atom. The minimum atomic E-state index is 0.643. The molecule has 0 N–H and O–H groups in total. The third-order valence-corrected chi connectivity index (χ3v) is 3.40. The molecule has 100 valence electrons. The summed E-state index contributed by atoms with van der Waals surface area (Å²) >= 11 is 6.83. The number of rotatable bonds is 6. The second kappa shape index (κ2) is 7.56. The van der Waals surface area contributed by atoms with Crippen LogP contribution in [0, 0.1) is 0 Å². The summed E-state index contributed by atoms with van der Waals surface area (Å²) in [6.45, 7) is 1.29. The molecule has 0 radical (unpaired) electrons. The molecule has 4 heteroatoms. The van der Waals surface area contributed by atoms with Crippen LogP contribution in [0.3, 0.4) is 0 Å². The SMILES string of the molecule is Brc1cccc(OCCCOc2cccc(Br)c2)c1. The summed E-state index contributed by atoms with van der Waals surface area (Å²) < 4.78 is 13.3. The average Bonchev–Trinajstić information content (AvgIpc) is 2.38. The maximum absolute atomic E-state index is 5.63. The Kier molecular flexibility index (Phi) is 5.73. The average molecular weight is 386 g/mol. The van der Waals surface area contributed by atoms with Gasteiger partial charge in [-0.15, -0.1) is 0 Å². The Morgan fingerprint density at radius 1 is 0.737 bits per heavy atom. The van der Waals surface area contributed by atoms with E-state index in [1.165, 1.54) is 0 Å². The fraction of sp³-hybridized carbons (Fsp3) is 0.200. The zero-order valence-electron chi connectivity index (χ0n) is 10.3. The van der Waals surface area contributed by atoms with Gasteiger partial charge in [0.05, 0.1) is 13.2 Å². The van der Waals surface area contributed by atoms with Gasteiger partial charge < -0.3 is 9.47 Å². The normalized spacial score (nSPS) is 10.2. The van der Waals surface area contributed by atoms with Crippen molar-refractivity contribution in [3.8, 4) is 11.5 Å². The second-order valence-electron chi connectivity index (χ2n) is 3.97. The predicted octanol–water partition coefficient (Wildman–Crippen LogP) is 5.06. The molecule has 0 aliphatic rings. The Balaban J connectivity index is 1.67. The van der Waals surface area contributed by atoms with Gasteiger partial charge in [-0.1, -0.05) is 44.0 Å². The van der Waals surface area contributed by atoms with Crippen LogP contribution >= 0.6 is 31.9 Å². The fourth-order valence-electron chi connectivity index (χ4n) is 1.55. The van der Waals surface area contributed by atoms with Gasteiger partial charge >= 0.3 is 0 Å². The van der Waals surface area contributed by atoms with Crippen molar-refractivity contribution in [2.75, 3.05) is 13.2 Å². The van der Waals surface area contributed by atoms with Crippen LogP contribution in [0.25, 0.3) is 0 Å². The van der Waals surface area contributed by atoms with E-state index >= 15 is 0 Å². The van der Waals surface area contributed by atoms with Crippen molar-refractivity contribution >= 4 is 31.9 Å². The number of hydrogen-bond donors (Lipinski definition) is 0. The standard InChI is InChI=1S/C15H14Br2O2/c16-12-4-1-6-14(10-12)18-8-3-9-19-15-7-2-5-13(17)11-15/h1-2,4-7,10-11H,3,8-9H2. The summed E-state index contributed by atoms with van der Waals surface area (Å²) in [5.74, 6) is 1.74. The molecule has 0 bridgehead atoms. The highest BCUT2D eigenvalue weighted by molar-refractivity contribution is 9.10. The van der Waals surface area contributed by atoms with Crippen molar-refractivity contribution in [1.82, 2.24) is 0 Å². The first-order chi connectivity index (χ1) is 9.24. The molecule has 0 unspecified atom stereocenters. The highest BCUT2D eigenvalue weighted by Gasteiger charge is 1.97. The third kappa shape index (κ3) is 5.25. The van der Waals surface area contributed by atoms with Crippen molar-refractivity contribution in [2.24, 2.45) is 0 Å². The van der Waals surface area contributed by atoms with E-state index in [0.717, 1.165) is 26.9 Å². The van der Waals surface area contributed by atoms with E-state index < -0.39 is 0 Å². The summed E-state index contributed by atoms with van der Waals surface area (Å²) in [6, 6.07) is 15.7. The first-order valence-electron chi connectivity index (χ1n) is 6.01. The van der Waals surface area contributed by atoms with Crippen molar-refractivity contribution in [2.45, 2.75) is 6.42 Å². The summed E-state index contributed by atoms with van der Waals surface area (Å²) in [4.78, 5) is 0. The lowest BCUT2D eigenvalue weighted by Gasteiger charge is -2.08. The van der Waals surface area contributed by atoms with Crippen molar-refractivity contribution < 1.29 is 9.47 Å². The van der Waals surface area contributed by atoms with Crippen LogP contribution in [0.4, 0.5) is 0 Å². The van der Waals surface area contributed by atoms with Crippen LogP contribution in [0.5, 0.6) is 11.5 Å². The zero-order chi connectivity index (χ0) is 13.5. The molecule has 2 aromatic carbocycles. The van der Waals surface area contributed by atoms with Gasteiger partial charge in [0.1, 0.15) is 11.5 Å². The second-order valence-corrected chi connectivity index (χ2v) is 5.80. The molecule has 0 heterocycles. The molecule has 19 heavy (non-hydrogen) atoms. The van der Waals surface area contributed by atoms with Gasteiger partial charge in [-0.25, -0.2) is 0 Å². The van der Waals surface area contributed by atoms with Crippen LogP contribution in [-0.4, -0.2) is 13.2 Å². The molecule has 0 saturated heterocycles. The maximum Gasteiger partial charge on any atom is 0.120 e.